The van der Waals surface area contributed by atoms with E-state index >= 15 is 0 Å². The van der Waals surface area contributed by atoms with Crippen LogP contribution in [0.15, 0.2) is 9.97 Å². The normalized spacial score (nSPS) is 9.55. The zero-order valence-electron chi connectivity index (χ0n) is 5.17. The second-order valence-electron chi connectivity index (χ2n) is 1.68. The lowest BCUT2D eigenvalue weighted by Gasteiger charge is -1.93. The first-order valence-electron chi connectivity index (χ1n) is 2.54. The highest BCUT2D eigenvalue weighted by Gasteiger charge is 2.07. The number of nitrogens with one attached hydrogen (secondary N) is 1. The van der Waals surface area contributed by atoms with E-state index in [0.29, 0.717) is 0 Å². The Morgan fingerprint density at radius 1 is 1.64 bits per heavy atom. The maximum atomic E-state index is 10.7. The molecular weight excluding hydrogens is 172 g/mol. The average Bonchev–Trinajstić information content (AvgIpc) is 1.85. The first-order chi connectivity index (χ1) is 5.15. The van der Waals surface area contributed by atoms with Crippen molar-refractivity contribution in [2.75, 3.05) is 5.73 Å². The summed E-state index contributed by atoms with van der Waals surface area (Å²) in [7, 11) is 0. The summed E-state index contributed by atoms with van der Waals surface area (Å²) in [6.07, 6.45) is 0. The van der Waals surface area contributed by atoms with E-state index in [9.17, 15) is 9.70 Å². The van der Waals surface area contributed by atoms with Gasteiger partial charge >= 0.3 is 0 Å². The summed E-state index contributed by atoms with van der Waals surface area (Å²) in [4.78, 5) is 26.1. The highest BCUT2D eigenvalue weighted by atomic mass is 35.5. The lowest BCUT2D eigenvalue weighted by atomic mass is 10.5. The van der Waals surface area contributed by atoms with Gasteiger partial charge in [0.05, 0.1) is 0 Å². The molecule has 1 rings (SSSR count). The van der Waals surface area contributed by atoms with Crippen molar-refractivity contribution in [1.29, 1.82) is 0 Å². The molecule has 0 unspecified atom stereocenters. The Hall–Kier alpha value is -1.43. The smallest absolute Gasteiger partial charge is 0.283 e. The van der Waals surface area contributed by atoms with Crippen molar-refractivity contribution >= 4 is 23.2 Å². The Bertz CT molecular complexity index is 346. The molecule has 58 valence electrons. The zero-order valence-corrected chi connectivity index (χ0v) is 5.92. The number of anilines is 1. The van der Waals surface area contributed by atoms with Crippen LogP contribution >= 0.6 is 11.6 Å². The second kappa shape index (κ2) is 2.67. The molecule has 0 aliphatic rings. The van der Waals surface area contributed by atoms with E-state index in [1.54, 1.807) is 0 Å². The van der Waals surface area contributed by atoms with Crippen molar-refractivity contribution in [3.05, 3.63) is 20.4 Å². The molecule has 0 saturated carbocycles. The van der Waals surface area contributed by atoms with E-state index < -0.39 is 11.2 Å². The summed E-state index contributed by atoms with van der Waals surface area (Å²) in [6.45, 7) is 0. The molecule has 0 amide bonds. The molecule has 0 aliphatic heterocycles. The standard InChI is InChI=1S/C4H3ClN4O2/c5-2-1(9-11)3(10)8-4(6)7-2/h(H3,6,7,8,10). The van der Waals surface area contributed by atoms with E-state index in [1.807, 2.05) is 0 Å². The third kappa shape index (κ3) is 1.35. The SMILES string of the molecule is Nc1nc(Cl)c(N=O)c(=O)[nH]1. The minimum Gasteiger partial charge on any atom is -0.369 e. The number of nitrogen functional groups attached to an aromatic ring is 1. The Kier molecular flexibility index (Phi) is 1.86. The van der Waals surface area contributed by atoms with Crippen molar-refractivity contribution in [2.45, 2.75) is 0 Å². The van der Waals surface area contributed by atoms with Crippen LogP contribution < -0.4 is 11.3 Å². The molecule has 6 nitrogen and oxygen atoms in total. The number of aromatic amines is 1. The first kappa shape index (κ1) is 7.67. The predicted octanol–water partition coefficient (Wildman–Crippen LogP) is 0.403. The third-order valence-electron chi connectivity index (χ3n) is 0.962. The fraction of sp³-hybridized carbons (Fsp3) is 0. The number of nitrogens with zero attached hydrogens (tertiary/aromatic N) is 2. The van der Waals surface area contributed by atoms with Crippen molar-refractivity contribution in [1.82, 2.24) is 9.97 Å². The summed E-state index contributed by atoms with van der Waals surface area (Å²) in [5.41, 5.74) is 3.89. The Morgan fingerprint density at radius 3 is 2.73 bits per heavy atom. The van der Waals surface area contributed by atoms with Gasteiger partial charge in [-0.05, 0) is 5.18 Å². The highest BCUT2D eigenvalue weighted by Crippen LogP contribution is 2.16. The van der Waals surface area contributed by atoms with Gasteiger partial charge in [-0.15, -0.1) is 4.91 Å². The summed E-state index contributed by atoms with van der Waals surface area (Å²) in [5, 5.41) is 2.08. The van der Waals surface area contributed by atoms with Gasteiger partial charge in [0.1, 0.15) is 0 Å². The quantitative estimate of drug-likeness (QED) is 0.475. The molecule has 7 heteroatoms. The zero-order chi connectivity index (χ0) is 8.43. The number of nitroso groups, excluding NO2 is 1. The monoisotopic (exact) mass is 174 g/mol. The van der Waals surface area contributed by atoms with Gasteiger partial charge in [0.2, 0.25) is 11.6 Å². The first-order valence-corrected chi connectivity index (χ1v) is 2.91. The molecule has 0 bridgehead atoms. The molecule has 1 heterocycles. The van der Waals surface area contributed by atoms with Crippen LogP contribution in [0.3, 0.4) is 0 Å². The van der Waals surface area contributed by atoms with Crippen molar-refractivity contribution in [3.63, 3.8) is 0 Å². The highest BCUT2D eigenvalue weighted by molar-refractivity contribution is 6.31. The third-order valence-corrected chi connectivity index (χ3v) is 1.23. The molecule has 0 radical (unpaired) electrons. The van der Waals surface area contributed by atoms with Crippen molar-refractivity contribution < 1.29 is 0 Å². The molecule has 0 fully saturated rings. The topological polar surface area (TPSA) is 101 Å². The van der Waals surface area contributed by atoms with Crippen LogP contribution in [0.25, 0.3) is 0 Å². The number of hydrogen-bond donors (Lipinski definition) is 2. The molecule has 0 atom stereocenters. The largest absolute Gasteiger partial charge is 0.369 e. The Labute approximate surface area is 65.4 Å². The maximum absolute atomic E-state index is 10.7. The molecule has 0 aliphatic carbocycles. The van der Waals surface area contributed by atoms with Gasteiger partial charge in [-0.2, -0.15) is 0 Å². The van der Waals surface area contributed by atoms with Crippen molar-refractivity contribution in [3.8, 4) is 0 Å². The molecular formula is C4H3ClN4O2. The van der Waals surface area contributed by atoms with Crippen LogP contribution in [0.5, 0.6) is 0 Å². The average molecular weight is 175 g/mol. The van der Waals surface area contributed by atoms with Crippen LogP contribution in [-0.2, 0) is 0 Å². The fourth-order valence-electron chi connectivity index (χ4n) is 0.535. The number of rotatable bonds is 1. The fourth-order valence-corrected chi connectivity index (χ4v) is 0.746. The molecule has 3 N–H and O–H groups in total. The van der Waals surface area contributed by atoms with Crippen LogP contribution in [0.1, 0.15) is 0 Å². The molecule has 0 saturated heterocycles. The van der Waals surface area contributed by atoms with Gasteiger partial charge in [0.25, 0.3) is 5.56 Å². The molecule has 0 spiro atoms. The maximum Gasteiger partial charge on any atom is 0.283 e. The van der Waals surface area contributed by atoms with E-state index in [1.165, 1.54) is 0 Å². The number of hydrogen-bond acceptors (Lipinski definition) is 5. The van der Waals surface area contributed by atoms with E-state index in [0.717, 1.165) is 0 Å². The predicted molar refractivity (Wildman–Crippen MR) is 39.7 cm³/mol. The number of halogens is 1. The van der Waals surface area contributed by atoms with Gasteiger partial charge in [-0.1, -0.05) is 11.6 Å². The molecule has 0 aromatic carbocycles. The van der Waals surface area contributed by atoms with Crippen molar-refractivity contribution in [2.24, 2.45) is 5.18 Å². The van der Waals surface area contributed by atoms with Gasteiger partial charge in [0.15, 0.2) is 5.15 Å². The van der Waals surface area contributed by atoms with Crippen LogP contribution in [0.2, 0.25) is 5.15 Å². The Balaban J connectivity index is 3.49. The summed E-state index contributed by atoms with van der Waals surface area (Å²) in [6, 6.07) is 0. The van der Waals surface area contributed by atoms with Gasteiger partial charge in [-0.3, -0.25) is 9.78 Å². The van der Waals surface area contributed by atoms with Gasteiger partial charge < -0.3 is 5.73 Å². The van der Waals surface area contributed by atoms with E-state index in [-0.39, 0.29) is 11.1 Å². The molecule has 1 aromatic heterocycles. The summed E-state index contributed by atoms with van der Waals surface area (Å²) >= 11 is 5.33. The van der Waals surface area contributed by atoms with E-state index in [2.05, 4.69) is 15.1 Å². The van der Waals surface area contributed by atoms with Crippen LogP contribution in [0, 0.1) is 4.91 Å². The molecule has 11 heavy (non-hydrogen) atoms. The number of H-pyrrole nitrogens is 1. The van der Waals surface area contributed by atoms with Gasteiger partial charge in [0, 0.05) is 0 Å². The summed E-state index contributed by atoms with van der Waals surface area (Å²) < 4.78 is 0. The number of aromatic nitrogens is 2. The summed E-state index contributed by atoms with van der Waals surface area (Å²) in [5.74, 6) is -0.146. The van der Waals surface area contributed by atoms with Crippen LogP contribution in [-0.4, -0.2) is 9.97 Å². The minimum absolute atomic E-state index is 0.146. The lowest BCUT2D eigenvalue weighted by Crippen LogP contribution is -2.10. The van der Waals surface area contributed by atoms with Gasteiger partial charge in [-0.25, -0.2) is 4.98 Å². The van der Waals surface area contributed by atoms with E-state index in [4.69, 9.17) is 17.3 Å². The second-order valence-corrected chi connectivity index (χ2v) is 2.04. The van der Waals surface area contributed by atoms with Crippen LogP contribution in [0.4, 0.5) is 11.6 Å². The Morgan fingerprint density at radius 2 is 2.27 bits per heavy atom. The number of nitrogens with two attached hydrogens (primary N) is 1. The molecule has 1 aromatic rings. The lowest BCUT2D eigenvalue weighted by molar-refractivity contribution is 1.12. The minimum atomic E-state index is -0.738.